The Morgan fingerprint density at radius 1 is 1.19 bits per heavy atom. The molecule has 1 atom stereocenters. The molecule has 0 saturated carbocycles. The first kappa shape index (κ1) is 19.3. The molecule has 0 aliphatic carbocycles. The molecule has 0 saturated heterocycles. The number of benzene rings is 1. The predicted molar refractivity (Wildman–Crippen MR) is 95.8 cm³/mol. The highest BCUT2D eigenvalue weighted by molar-refractivity contribution is 7.13. The number of ether oxygens (including phenoxy) is 1. The fraction of sp³-hybridized carbons (Fsp3) is 0.312. The Bertz CT molecular complexity index is 765. The molecule has 0 radical (unpaired) electrons. The first-order valence-corrected chi connectivity index (χ1v) is 8.71. The van der Waals surface area contributed by atoms with Gasteiger partial charge in [-0.15, -0.1) is 10.2 Å². The Balaban J connectivity index is 1.81. The Morgan fingerprint density at radius 2 is 1.92 bits per heavy atom. The summed E-state index contributed by atoms with van der Waals surface area (Å²) >= 11 is 1.07. The third kappa shape index (κ3) is 5.81. The fourth-order valence-electron chi connectivity index (χ4n) is 1.85. The van der Waals surface area contributed by atoms with Crippen molar-refractivity contribution >= 4 is 34.9 Å². The van der Waals surface area contributed by atoms with Crippen molar-refractivity contribution in [2.75, 3.05) is 11.9 Å². The van der Waals surface area contributed by atoms with Crippen LogP contribution >= 0.6 is 11.3 Å². The fourth-order valence-corrected chi connectivity index (χ4v) is 2.53. The maximum Gasteiger partial charge on any atom is 0.328 e. The monoisotopic (exact) mass is 377 g/mol. The van der Waals surface area contributed by atoms with Crippen molar-refractivity contribution < 1.29 is 19.1 Å². The number of hydrogen-bond acceptors (Lipinski definition) is 7. The van der Waals surface area contributed by atoms with Crippen LogP contribution in [0.5, 0.6) is 0 Å². The van der Waals surface area contributed by atoms with E-state index in [1.54, 1.807) is 31.2 Å². The minimum absolute atomic E-state index is 0.0810. The van der Waals surface area contributed by atoms with Gasteiger partial charge in [0.25, 0.3) is 5.91 Å². The molecule has 10 heteroatoms. The predicted octanol–water partition coefficient (Wildman–Crippen LogP) is 1.54. The summed E-state index contributed by atoms with van der Waals surface area (Å²) in [6, 6.07) is 7.67. The molecule has 2 aromatic rings. The zero-order valence-corrected chi connectivity index (χ0v) is 15.1. The van der Waals surface area contributed by atoms with E-state index in [9.17, 15) is 14.4 Å². The number of nitrogens with zero attached hydrogens (tertiary/aromatic N) is 2. The number of esters is 1. The average molecular weight is 377 g/mol. The molecule has 3 N–H and O–H groups in total. The highest BCUT2D eigenvalue weighted by Gasteiger charge is 2.17. The van der Waals surface area contributed by atoms with E-state index < -0.39 is 18.0 Å². The number of rotatable bonds is 7. The Labute approximate surface area is 154 Å². The molecule has 2 rings (SSSR count). The molecule has 0 bridgehead atoms. The molecule has 1 heterocycles. The Morgan fingerprint density at radius 3 is 2.62 bits per heavy atom. The maximum atomic E-state index is 12.1. The van der Waals surface area contributed by atoms with Crippen LogP contribution in [0.25, 0.3) is 0 Å². The summed E-state index contributed by atoms with van der Waals surface area (Å²) in [6.07, 6.45) is 0. The van der Waals surface area contributed by atoms with E-state index in [0.717, 1.165) is 11.3 Å². The van der Waals surface area contributed by atoms with Gasteiger partial charge in [-0.1, -0.05) is 29.5 Å². The Hall–Kier alpha value is -3.01. The van der Waals surface area contributed by atoms with Gasteiger partial charge < -0.3 is 20.7 Å². The summed E-state index contributed by atoms with van der Waals surface area (Å²) in [6.45, 7) is 3.53. The number of carbonyl (C=O) groups excluding carboxylic acids is 3. The lowest BCUT2D eigenvalue weighted by Gasteiger charge is -2.12. The molecular formula is C16H19N5O4S. The van der Waals surface area contributed by atoms with Gasteiger partial charge in [-0.05, 0) is 26.0 Å². The highest BCUT2D eigenvalue weighted by Crippen LogP contribution is 2.13. The number of aromatic nitrogens is 2. The second-order valence-electron chi connectivity index (χ2n) is 5.12. The van der Waals surface area contributed by atoms with Gasteiger partial charge in [0.15, 0.2) is 0 Å². The van der Waals surface area contributed by atoms with Crippen LogP contribution in [0.1, 0.15) is 28.7 Å². The SMILES string of the molecule is CCOC(=O)[C@@H](C)NC(=O)NCc1nnc(C(=O)Nc2ccccc2)s1. The van der Waals surface area contributed by atoms with Crippen LogP contribution in [0.2, 0.25) is 0 Å². The lowest BCUT2D eigenvalue weighted by atomic mass is 10.3. The van der Waals surface area contributed by atoms with Crippen molar-refractivity contribution in [3.05, 3.63) is 40.3 Å². The molecule has 1 aromatic carbocycles. The minimum atomic E-state index is -0.767. The van der Waals surface area contributed by atoms with Crippen LogP contribution in [0.4, 0.5) is 10.5 Å². The van der Waals surface area contributed by atoms with Gasteiger partial charge in [-0.2, -0.15) is 0 Å². The van der Waals surface area contributed by atoms with Gasteiger partial charge in [0, 0.05) is 5.69 Å². The van der Waals surface area contributed by atoms with E-state index in [-0.39, 0.29) is 24.1 Å². The highest BCUT2D eigenvalue weighted by atomic mass is 32.1. The van der Waals surface area contributed by atoms with E-state index in [0.29, 0.717) is 10.7 Å². The lowest BCUT2D eigenvalue weighted by molar-refractivity contribution is -0.144. The van der Waals surface area contributed by atoms with Crippen molar-refractivity contribution in [1.29, 1.82) is 0 Å². The average Bonchev–Trinajstić information content (AvgIpc) is 3.10. The zero-order chi connectivity index (χ0) is 18.9. The first-order valence-electron chi connectivity index (χ1n) is 7.89. The topological polar surface area (TPSA) is 122 Å². The number of urea groups is 1. The minimum Gasteiger partial charge on any atom is -0.464 e. The third-order valence-electron chi connectivity index (χ3n) is 3.08. The van der Waals surface area contributed by atoms with Crippen LogP contribution in [0.3, 0.4) is 0 Å². The van der Waals surface area contributed by atoms with Gasteiger partial charge in [-0.3, -0.25) is 4.79 Å². The summed E-state index contributed by atoms with van der Waals surface area (Å²) < 4.78 is 4.80. The molecule has 26 heavy (non-hydrogen) atoms. The molecule has 138 valence electrons. The quantitative estimate of drug-likeness (QED) is 0.629. The van der Waals surface area contributed by atoms with E-state index in [4.69, 9.17) is 4.74 Å². The third-order valence-corrected chi connectivity index (χ3v) is 4.00. The van der Waals surface area contributed by atoms with Crippen LogP contribution < -0.4 is 16.0 Å². The molecule has 0 aliphatic rings. The molecule has 1 aromatic heterocycles. The largest absolute Gasteiger partial charge is 0.464 e. The standard InChI is InChI=1S/C16H19N5O4S/c1-3-25-15(23)10(2)18-16(24)17-9-12-20-21-14(26-12)13(22)19-11-7-5-4-6-8-11/h4-8,10H,3,9H2,1-2H3,(H,19,22)(H2,17,18,24)/t10-/m1/s1. The van der Waals surface area contributed by atoms with Crippen molar-refractivity contribution in [3.63, 3.8) is 0 Å². The second kappa shape index (κ2) is 9.47. The zero-order valence-electron chi connectivity index (χ0n) is 14.3. The number of carbonyl (C=O) groups is 3. The van der Waals surface area contributed by atoms with E-state index >= 15 is 0 Å². The lowest BCUT2D eigenvalue weighted by Crippen LogP contribution is -2.44. The first-order chi connectivity index (χ1) is 12.5. The summed E-state index contributed by atoms with van der Waals surface area (Å²) in [5.41, 5.74) is 0.653. The van der Waals surface area contributed by atoms with E-state index in [1.807, 2.05) is 6.07 Å². The van der Waals surface area contributed by atoms with Gasteiger partial charge in [0.1, 0.15) is 11.0 Å². The summed E-state index contributed by atoms with van der Waals surface area (Å²) in [4.78, 5) is 35.3. The van der Waals surface area contributed by atoms with Crippen LogP contribution in [0, 0.1) is 0 Å². The normalized spacial score (nSPS) is 11.3. The van der Waals surface area contributed by atoms with Crippen molar-refractivity contribution in [2.24, 2.45) is 0 Å². The van der Waals surface area contributed by atoms with Crippen LogP contribution in [-0.2, 0) is 16.1 Å². The van der Waals surface area contributed by atoms with Crippen molar-refractivity contribution in [2.45, 2.75) is 26.4 Å². The van der Waals surface area contributed by atoms with Crippen LogP contribution in [0.15, 0.2) is 30.3 Å². The summed E-state index contributed by atoms with van der Waals surface area (Å²) in [5, 5.41) is 16.0. The smallest absolute Gasteiger partial charge is 0.328 e. The molecular weight excluding hydrogens is 358 g/mol. The molecule has 3 amide bonds. The molecule has 0 aliphatic heterocycles. The summed E-state index contributed by atoms with van der Waals surface area (Å²) in [7, 11) is 0. The Kier molecular flexibility index (Phi) is 7.03. The van der Waals surface area contributed by atoms with Gasteiger partial charge >= 0.3 is 12.0 Å². The molecule has 0 spiro atoms. The number of amides is 3. The van der Waals surface area contributed by atoms with Crippen LogP contribution in [-0.4, -0.2) is 40.8 Å². The molecule has 9 nitrogen and oxygen atoms in total. The van der Waals surface area contributed by atoms with Crippen molar-refractivity contribution in [1.82, 2.24) is 20.8 Å². The summed E-state index contributed by atoms with van der Waals surface area (Å²) in [5.74, 6) is -0.890. The number of para-hydroxylation sites is 1. The van der Waals surface area contributed by atoms with Gasteiger partial charge in [-0.25, -0.2) is 9.59 Å². The maximum absolute atomic E-state index is 12.1. The molecule has 0 fully saturated rings. The second-order valence-corrected chi connectivity index (χ2v) is 6.18. The van der Waals surface area contributed by atoms with Crippen molar-refractivity contribution in [3.8, 4) is 0 Å². The van der Waals surface area contributed by atoms with E-state index in [2.05, 4.69) is 26.1 Å². The number of nitrogens with one attached hydrogen (secondary N) is 3. The van der Waals surface area contributed by atoms with Gasteiger partial charge in [0.05, 0.1) is 13.2 Å². The van der Waals surface area contributed by atoms with E-state index in [1.165, 1.54) is 6.92 Å². The number of anilines is 1. The molecule has 0 unspecified atom stereocenters. The van der Waals surface area contributed by atoms with Gasteiger partial charge in [0.2, 0.25) is 5.01 Å². The number of hydrogen-bond donors (Lipinski definition) is 3.